The maximum atomic E-state index is 12.8. The highest BCUT2D eigenvalue weighted by Crippen LogP contribution is 2.35. The lowest BCUT2D eigenvalue weighted by Crippen LogP contribution is -2.30. The monoisotopic (exact) mass is 354 g/mol. The van der Waals surface area contributed by atoms with Crippen LogP contribution in [-0.2, 0) is 12.0 Å². The van der Waals surface area contributed by atoms with Crippen LogP contribution in [0, 0.1) is 0 Å². The highest BCUT2D eigenvalue weighted by Gasteiger charge is 2.31. The Morgan fingerprint density at radius 2 is 1.92 bits per heavy atom. The van der Waals surface area contributed by atoms with Crippen LogP contribution in [-0.4, -0.2) is 35.1 Å². The van der Waals surface area contributed by atoms with Gasteiger partial charge >= 0.3 is 0 Å². The van der Waals surface area contributed by atoms with Crippen molar-refractivity contribution >= 4 is 17.3 Å². The first kappa shape index (κ1) is 18.2. The molecule has 1 N–H and O–H groups in total. The van der Waals surface area contributed by atoms with E-state index >= 15 is 0 Å². The summed E-state index contributed by atoms with van der Waals surface area (Å²) >= 11 is 0. The van der Waals surface area contributed by atoms with E-state index in [0.29, 0.717) is 24.5 Å². The number of nitrogens with one attached hydrogen (secondary N) is 1. The normalized spacial score (nSPS) is 14.3. The van der Waals surface area contributed by atoms with Gasteiger partial charge in [-0.3, -0.25) is 9.48 Å². The number of hydrogen-bond donors (Lipinski definition) is 1. The Bertz CT molecular complexity index is 842. The van der Waals surface area contributed by atoms with Crippen molar-refractivity contribution in [2.24, 2.45) is 4.99 Å². The first-order chi connectivity index (χ1) is 12.3. The molecule has 0 saturated carbocycles. The summed E-state index contributed by atoms with van der Waals surface area (Å²) in [7, 11) is 1.64. The maximum absolute atomic E-state index is 12.8. The molecular formula is C20H26N4O2. The molecule has 0 aliphatic carbocycles. The minimum Gasteiger partial charge on any atom is -0.497 e. The van der Waals surface area contributed by atoms with Crippen LogP contribution >= 0.6 is 0 Å². The van der Waals surface area contributed by atoms with E-state index in [0.717, 1.165) is 29.1 Å². The number of fused-ring (bicyclic) bond motifs is 1. The minimum atomic E-state index is -0.206. The summed E-state index contributed by atoms with van der Waals surface area (Å²) < 4.78 is 7.02. The Morgan fingerprint density at radius 1 is 1.23 bits per heavy atom. The number of amides is 1. The van der Waals surface area contributed by atoms with E-state index in [-0.39, 0.29) is 11.3 Å². The van der Waals surface area contributed by atoms with E-state index in [9.17, 15) is 4.79 Å². The van der Waals surface area contributed by atoms with E-state index in [2.05, 4.69) is 33.0 Å². The van der Waals surface area contributed by atoms with Crippen molar-refractivity contribution in [2.45, 2.75) is 46.1 Å². The van der Waals surface area contributed by atoms with E-state index in [1.54, 1.807) is 11.8 Å². The van der Waals surface area contributed by atoms with E-state index < -0.39 is 0 Å². The molecule has 0 unspecified atom stereocenters. The zero-order valence-corrected chi connectivity index (χ0v) is 16.1. The van der Waals surface area contributed by atoms with Gasteiger partial charge in [0.2, 0.25) is 0 Å². The van der Waals surface area contributed by atoms with Crippen LogP contribution in [0.4, 0.5) is 5.69 Å². The fraction of sp³-hybridized carbons (Fsp3) is 0.450. The van der Waals surface area contributed by atoms with Gasteiger partial charge < -0.3 is 10.1 Å². The molecule has 26 heavy (non-hydrogen) atoms. The van der Waals surface area contributed by atoms with Crippen LogP contribution in [0.2, 0.25) is 0 Å². The van der Waals surface area contributed by atoms with Gasteiger partial charge in [0.25, 0.3) is 5.91 Å². The average Bonchev–Trinajstić information content (AvgIpc) is 2.88. The summed E-state index contributed by atoms with van der Waals surface area (Å²) in [5.41, 5.74) is 3.67. The SMILES string of the molecule is CCCn1nc(C(C)(C)C)c2c1C(=O)NCC(c1ccc(OC)cc1)=N2. The first-order valence-corrected chi connectivity index (χ1v) is 8.96. The summed E-state index contributed by atoms with van der Waals surface area (Å²) in [6.07, 6.45) is 0.903. The number of aryl methyl sites for hydroxylation is 1. The van der Waals surface area contributed by atoms with Crippen LogP contribution < -0.4 is 10.1 Å². The lowest BCUT2D eigenvalue weighted by molar-refractivity contribution is 0.0950. The van der Waals surface area contributed by atoms with Crippen molar-refractivity contribution in [3.8, 4) is 5.75 Å². The van der Waals surface area contributed by atoms with Crippen LogP contribution in [0.25, 0.3) is 0 Å². The van der Waals surface area contributed by atoms with Crippen molar-refractivity contribution in [1.82, 2.24) is 15.1 Å². The van der Waals surface area contributed by atoms with Crippen LogP contribution in [0.15, 0.2) is 29.3 Å². The third kappa shape index (κ3) is 3.36. The van der Waals surface area contributed by atoms with Crippen LogP contribution in [0.5, 0.6) is 5.75 Å². The highest BCUT2D eigenvalue weighted by atomic mass is 16.5. The van der Waals surface area contributed by atoms with Crippen molar-refractivity contribution in [2.75, 3.05) is 13.7 Å². The van der Waals surface area contributed by atoms with Crippen molar-refractivity contribution in [1.29, 1.82) is 0 Å². The van der Waals surface area contributed by atoms with Gasteiger partial charge in [0.05, 0.1) is 25.1 Å². The lowest BCUT2D eigenvalue weighted by atomic mass is 9.91. The van der Waals surface area contributed by atoms with Gasteiger partial charge in [-0.1, -0.05) is 27.7 Å². The van der Waals surface area contributed by atoms with Gasteiger partial charge in [0.1, 0.15) is 11.4 Å². The molecule has 2 aromatic rings. The van der Waals surface area contributed by atoms with Gasteiger partial charge in [-0.15, -0.1) is 0 Å². The molecule has 1 aromatic heterocycles. The molecule has 0 atom stereocenters. The van der Waals surface area contributed by atoms with Crippen molar-refractivity contribution in [3.63, 3.8) is 0 Å². The Balaban J connectivity index is 2.16. The summed E-state index contributed by atoms with van der Waals surface area (Å²) in [5, 5.41) is 7.71. The van der Waals surface area contributed by atoms with Gasteiger partial charge in [-0.2, -0.15) is 5.10 Å². The van der Waals surface area contributed by atoms with Crippen molar-refractivity contribution in [3.05, 3.63) is 41.2 Å². The zero-order valence-electron chi connectivity index (χ0n) is 16.1. The third-order valence-electron chi connectivity index (χ3n) is 4.37. The fourth-order valence-electron chi connectivity index (χ4n) is 3.03. The quantitative estimate of drug-likeness (QED) is 0.914. The Labute approximate surface area is 154 Å². The second-order valence-electron chi connectivity index (χ2n) is 7.49. The Kier molecular flexibility index (Phi) is 4.85. The molecule has 1 amide bonds. The zero-order chi connectivity index (χ0) is 18.9. The smallest absolute Gasteiger partial charge is 0.272 e. The molecule has 0 fully saturated rings. The highest BCUT2D eigenvalue weighted by molar-refractivity contribution is 6.10. The molecular weight excluding hydrogens is 328 g/mol. The number of ether oxygens (including phenoxy) is 1. The molecule has 0 saturated heterocycles. The molecule has 2 heterocycles. The molecule has 6 heteroatoms. The second kappa shape index (κ2) is 6.94. The lowest BCUT2D eigenvalue weighted by Gasteiger charge is -2.16. The van der Waals surface area contributed by atoms with E-state index in [1.165, 1.54) is 0 Å². The number of benzene rings is 1. The molecule has 1 aliphatic rings. The molecule has 1 aromatic carbocycles. The van der Waals surface area contributed by atoms with Crippen molar-refractivity contribution < 1.29 is 9.53 Å². The molecule has 0 bridgehead atoms. The number of rotatable bonds is 4. The molecule has 1 aliphatic heterocycles. The van der Waals surface area contributed by atoms with Gasteiger partial charge in [-0.05, 0) is 36.2 Å². The van der Waals surface area contributed by atoms with Gasteiger partial charge in [0, 0.05) is 12.0 Å². The van der Waals surface area contributed by atoms with E-state index in [1.807, 2.05) is 24.3 Å². The summed E-state index contributed by atoms with van der Waals surface area (Å²) in [5.74, 6) is 0.669. The number of methoxy groups -OCH3 is 1. The standard InChI is InChI=1S/C20H26N4O2/c1-6-11-24-17-16(18(23-24)20(2,3)4)22-15(12-21-19(17)25)13-7-9-14(26-5)10-8-13/h7-10H,6,11-12H2,1-5H3,(H,21,25). The molecule has 3 rings (SSSR count). The number of carbonyl (C=O) groups is 1. The van der Waals surface area contributed by atoms with E-state index in [4.69, 9.17) is 14.8 Å². The predicted molar refractivity (Wildman–Crippen MR) is 103 cm³/mol. The summed E-state index contributed by atoms with van der Waals surface area (Å²) in [6.45, 7) is 9.44. The Morgan fingerprint density at radius 3 is 2.50 bits per heavy atom. The summed E-state index contributed by atoms with van der Waals surface area (Å²) in [6, 6.07) is 7.72. The molecule has 138 valence electrons. The number of aromatic nitrogens is 2. The summed E-state index contributed by atoms with van der Waals surface area (Å²) in [4.78, 5) is 17.6. The minimum absolute atomic E-state index is 0.122. The first-order valence-electron chi connectivity index (χ1n) is 8.96. The Hall–Kier alpha value is -2.63. The predicted octanol–water partition coefficient (Wildman–Crippen LogP) is 3.46. The average molecular weight is 354 g/mol. The van der Waals surface area contributed by atoms with Gasteiger partial charge in [0.15, 0.2) is 5.69 Å². The van der Waals surface area contributed by atoms with Crippen LogP contribution in [0.3, 0.4) is 0 Å². The maximum Gasteiger partial charge on any atom is 0.272 e. The number of carbonyl (C=O) groups excluding carboxylic acids is 1. The van der Waals surface area contributed by atoms with Crippen LogP contribution in [0.1, 0.15) is 55.9 Å². The number of hydrogen-bond acceptors (Lipinski definition) is 4. The molecule has 6 nitrogen and oxygen atoms in total. The number of nitrogens with zero attached hydrogens (tertiary/aromatic N) is 3. The van der Waals surface area contributed by atoms with Gasteiger partial charge in [-0.25, -0.2) is 4.99 Å². The molecule has 0 radical (unpaired) electrons. The largest absolute Gasteiger partial charge is 0.497 e. The fourth-order valence-corrected chi connectivity index (χ4v) is 3.03. The molecule has 0 spiro atoms. The topological polar surface area (TPSA) is 68.5 Å². The second-order valence-corrected chi connectivity index (χ2v) is 7.49. The third-order valence-corrected chi connectivity index (χ3v) is 4.37. The number of aliphatic imine (C=N–C) groups is 1.